The highest BCUT2D eigenvalue weighted by Gasteiger charge is 2.37. The lowest BCUT2D eigenvalue weighted by Crippen LogP contribution is -2.31. The van der Waals surface area contributed by atoms with Crippen LogP contribution in [0.5, 0.6) is 0 Å². The van der Waals surface area contributed by atoms with Crippen LogP contribution in [0.25, 0.3) is 11.1 Å². The van der Waals surface area contributed by atoms with Gasteiger partial charge in [0.2, 0.25) is 0 Å². The second-order valence-electron chi connectivity index (χ2n) is 4.83. The molecule has 90 valence electrons. The molecule has 1 saturated carbocycles. The molecule has 3 N–H and O–H groups in total. The number of nitrogens with one attached hydrogen (secondary N) is 1. The molecule has 5 nitrogen and oxygen atoms in total. The predicted molar refractivity (Wildman–Crippen MR) is 66.1 cm³/mol. The molecule has 0 spiro atoms. The average Bonchev–Trinajstić information content (AvgIpc) is 2.98. The SMILES string of the molecule is Cn1c(=O)oc2ccc(NCC3(N)CC3)cc21. The summed E-state index contributed by atoms with van der Waals surface area (Å²) in [5.41, 5.74) is 8.34. The van der Waals surface area contributed by atoms with E-state index in [-0.39, 0.29) is 11.3 Å². The Morgan fingerprint density at radius 1 is 1.53 bits per heavy atom. The second kappa shape index (κ2) is 3.37. The molecule has 0 aliphatic heterocycles. The highest BCUT2D eigenvalue weighted by atomic mass is 16.4. The maximum Gasteiger partial charge on any atom is 0.419 e. The molecular weight excluding hydrogens is 218 g/mol. The molecule has 1 aromatic carbocycles. The molecule has 3 rings (SSSR count). The Morgan fingerprint density at radius 3 is 3.00 bits per heavy atom. The van der Waals surface area contributed by atoms with Crippen LogP contribution in [0.2, 0.25) is 0 Å². The molecule has 0 amide bonds. The van der Waals surface area contributed by atoms with Crippen LogP contribution in [-0.4, -0.2) is 16.7 Å². The van der Waals surface area contributed by atoms with Crippen molar-refractivity contribution in [3.8, 4) is 0 Å². The molecule has 0 unspecified atom stereocenters. The summed E-state index contributed by atoms with van der Waals surface area (Å²) in [5, 5.41) is 3.29. The highest BCUT2D eigenvalue weighted by molar-refractivity contribution is 5.77. The molecule has 2 aromatic rings. The Balaban J connectivity index is 1.90. The van der Waals surface area contributed by atoms with Gasteiger partial charge in [-0.3, -0.25) is 4.57 Å². The Bertz CT molecular complexity index is 622. The van der Waals surface area contributed by atoms with Gasteiger partial charge >= 0.3 is 5.76 Å². The minimum Gasteiger partial charge on any atom is -0.408 e. The molecule has 1 aromatic heterocycles. The van der Waals surface area contributed by atoms with E-state index in [1.165, 1.54) is 4.57 Å². The van der Waals surface area contributed by atoms with Crippen molar-refractivity contribution in [3.63, 3.8) is 0 Å². The molecule has 1 aliphatic rings. The van der Waals surface area contributed by atoms with Gasteiger partial charge in [0.05, 0.1) is 5.52 Å². The third-order valence-corrected chi connectivity index (χ3v) is 3.33. The molecule has 0 bridgehead atoms. The molecule has 1 fully saturated rings. The molecule has 0 atom stereocenters. The van der Waals surface area contributed by atoms with E-state index in [4.69, 9.17) is 10.2 Å². The van der Waals surface area contributed by atoms with E-state index in [0.717, 1.165) is 30.6 Å². The van der Waals surface area contributed by atoms with Gasteiger partial charge in [-0.2, -0.15) is 0 Å². The van der Waals surface area contributed by atoms with Crippen molar-refractivity contribution in [2.75, 3.05) is 11.9 Å². The van der Waals surface area contributed by atoms with Crippen LogP contribution >= 0.6 is 0 Å². The number of oxazole rings is 1. The van der Waals surface area contributed by atoms with Gasteiger partial charge in [0, 0.05) is 24.8 Å². The Kier molecular flexibility index (Phi) is 2.06. The zero-order valence-corrected chi connectivity index (χ0v) is 9.69. The molecule has 0 saturated heterocycles. The number of nitrogens with two attached hydrogens (primary N) is 1. The topological polar surface area (TPSA) is 73.2 Å². The lowest BCUT2D eigenvalue weighted by atomic mass is 10.2. The van der Waals surface area contributed by atoms with E-state index < -0.39 is 0 Å². The van der Waals surface area contributed by atoms with Crippen molar-refractivity contribution >= 4 is 16.8 Å². The van der Waals surface area contributed by atoms with Crippen molar-refractivity contribution in [3.05, 3.63) is 28.7 Å². The van der Waals surface area contributed by atoms with Gasteiger partial charge in [0.1, 0.15) is 0 Å². The quantitative estimate of drug-likeness (QED) is 0.830. The summed E-state index contributed by atoms with van der Waals surface area (Å²) < 4.78 is 6.56. The van der Waals surface area contributed by atoms with Gasteiger partial charge in [-0.1, -0.05) is 0 Å². The monoisotopic (exact) mass is 233 g/mol. The lowest BCUT2D eigenvalue weighted by molar-refractivity contribution is 0.528. The molecule has 17 heavy (non-hydrogen) atoms. The highest BCUT2D eigenvalue weighted by Crippen LogP contribution is 2.32. The zero-order valence-electron chi connectivity index (χ0n) is 9.69. The summed E-state index contributed by atoms with van der Waals surface area (Å²) in [5.74, 6) is -0.338. The maximum absolute atomic E-state index is 11.3. The zero-order chi connectivity index (χ0) is 12.0. The minimum atomic E-state index is -0.338. The van der Waals surface area contributed by atoms with E-state index in [1.807, 2.05) is 12.1 Å². The lowest BCUT2D eigenvalue weighted by Gasteiger charge is -2.11. The van der Waals surface area contributed by atoms with Gasteiger partial charge in [-0.05, 0) is 31.0 Å². The fraction of sp³-hybridized carbons (Fsp3) is 0.417. The molecule has 5 heteroatoms. The molecular formula is C12H15N3O2. The van der Waals surface area contributed by atoms with Crippen molar-refractivity contribution in [2.45, 2.75) is 18.4 Å². The largest absolute Gasteiger partial charge is 0.419 e. The minimum absolute atomic E-state index is 0.0305. The van der Waals surface area contributed by atoms with E-state index in [2.05, 4.69) is 5.32 Å². The number of aryl methyl sites for hydroxylation is 1. The van der Waals surface area contributed by atoms with Gasteiger partial charge in [-0.25, -0.2) is 4.79 Å². The Morgan fingerprint density at radius 2 is 2.29 bits per heavy atom. The first-order valence-electron chi connectivity index (χ1n) is 5.70. The fourth-order valence-corrected chi connectivity index (χ4v) is 1.85. The Hall–Kier alpha value is -1.75. The summed E-state index contributed by atoms with van der Waals surface area (Å²) in [6.45, 7) is 0.768. The number of benzene rings is 1. The first-order valence-corrected chi connectivity index (χ1v) is 5.70. The van der Waals surface area contributed by atoms with E-state index in [0.29, 0.717) is 5.58 Å². The summed E-state index contributed by atoms with van der Waals surface area (Å²) in [6, 6.07) is 5.61. The van der Waals surface area contributed by atoms with Crippen molar-refractivity contribution in [2.24, 2.45) is 12.8 Å². The third kappa shape index (κ3) is 1.82. The normalized spacial score (nSPS) is 17.3. The molecule has 0 radical (unpaired) electrons. The average molecular weight is 233 g/mol. The summed E-state index contributed by atoms with van der Waals surface area (Å²) in [6.07, 6.45) is 2.15. The van der Waals surface area contributed by atoms with E-state index >= 15 is 0 Å². The fourth-order valence-electron chi connectivity index (χ4n) is 1.85. The van der Waals surface area contributed by atoms with E-state index in [9.17, 15) is 4.79 Å². The van der Waals surface area contributed by atoms with Gasteiger partial charge in [0.15, 0.2) is 5.58 Å². The number of hydrogen-bond acceptors (Lipinski definition) is 4. The van der Waals surface area contributed by atoms with Gasteiger partial charge < -0.3 is 15.5 Å². The standard InChI is InChI=1S/C12H15N3O2/c1-15-9-6-8(14-7-12(13)4-5-12)2-3-10(9)17-11(15)16/h2-3,6,14H,4-5,7,13H2,1H3. The van der Waals surface area contributed by atoms with Crippen molar-refractivity contribution in [1.29, 1.82) is 0 Å². The summed E-state index contributed by atoms with van der Waals surface area (Å²) >= 11 is 0. The second-order valence-corrected chi connectivity index (χ2v) is 4.83. The predicted octanol–water partition coefficient (Wildman–Crippen LogP) is 1.03. The van der Waals surface area contributed by atoms with Crippen LogP contribution in [-0.2, 0) is 7.05 Å². The molecule has 1 heterocycles. The number of hydrogen-bond donors (Lipinski definition) is 2. The number of anilines is 1. The molecule has 1 aliphatic carbocycles. The first-order chi connectivity index (χ1) is 8.07. The summed E-state index contributed by atoms with van der Waals surface area (Å²) in [4.78, 5) is 11.3. The van der Waals surface area contributed by atoms with E-state index in [1.54, 1.807) is 13.1 Å². The number of fused-ring (bicyclic) bond motifs is 1. The van der Waals surface area contributed by atoms with Gasteiger partial charge in [-0.15, -0.1) is 0 Å². The van der Waals surface area contributed by atoms with Crippen LogP contribution in [0.3, 0.4) is 0 Å². The summed E-state index contributed by atoms with van der Waals surface area (Å²) in [7, 11) is 1.70. The van der Waals surface area contributed by atoms with Crippen LogP contribution < -0.4 is 16.8 Å². The first kappa shape index (κ1) is 10.4. The van der Waals surface area contributed by atoms with Crippen LogP contribution in [0.15, 0.2) is 27.4 Å². The maximum atomic E-state index is 11.3. The number of aromatic nitrogens is 1. The third-order valence-electron chi connectivity index (χ3n) is 3.33. The smallest absolute Gasteiger partial charge is 0.408 e. The van der Waals surface area contributed by atoms with Crippen LogP contribution in [0.4, 0.5) is 5.69 Å². The van der Waals surface area contributed by atoms with Crippen LogP contribution in [0, 0.1) is 0 Å². The van der Waals surface area contributed by atoms with Crippen molar-refractivity contribution < 1.29 is 4.42 Å². The number of rotatable bonds is 3. The Labute approximate surface area is 98.2 Å². The van der Waals surface area contributed by atoms with Crippen LogP contribution in [0.1, 0.15) is 12.8 Å². The van der Waals surface area contributed by atoms with Gasteiger partial charge in [0.25, 0.3) is 0 Å². The number of nitrogens with zero attached hydrogens (tertiary/aromatic N) is 1. The van der Waals surface area contributed by atoms with Crippen molar-refractivity contribution in [1.82, 2.24) is 4.57 Å².